The van der Waals surface area contributed by atoms with Gasteiger partial charge in [0.25, 0.3) is 0 Å². The molecule has 1 atom stereocenters. The summed E-state index contributed by atoms with van der Waals surface area (Å²) >= 11 is 0. The van der Waals surface area contributed by atoms with Crippen molar-refractivity contribution in [1.29, 1.82) is 0 Å². The first-order chi connectivity index (χ1) is 15.7. The van der Waals surface area contributed by atoms with Crippen molar-refractivity contribution in [2.24, 2.45) is 5.92 Å². The summed E-state index contributed by atoms with van der Waals surface area (Å²) in [6, 6.07) is 10.3. The number of carbonyl (C=O) groups is 2. The third kappa shape index (κ3) is 5.17. The van der Waals surface area contributed by atoms with Crippen molar-refractivity contribution in [2.75, 3.05) is 36.5 Å². The van der Waals surface area contributed by atoms with Crippen LogP contribution in [0.15, 0.2) is 47.4 Å². The predicted molar refractivity (Wildman–Crippen MR) is 123 cm³/mol. The van der Waals surface area contributed by atoms with Crippen LogP contribution in [0.1, 0.15) is 27.2 Å². The van der Waals surface area contributed by atoms with Gasteiger partial charge in [-0.05, 0) is 37.3 Å². The van der Waals surface area contributed by atoms with Gasteiger partial charge in [0.05, 0.1) is 18.2 Å². The van der Waals surface area contributed by atoms with Crippen LogP contribution in [0, 0.1) is 11.7 Å². The first-order valence-electron chi connectivity index (χ1n) is 10.9. The van der Waals surface area contributed by atoms with Crippen molar-refractivity contribution in [3.63, 3.8) is 0 Å². The molecule has 0 spiro atoms. The van der Waals surface area contributed by atoms with Gasteiger partial charge in [-0.2, -0.15) is 4.31 Å². The number of halogens is 1. The highest BCUT2D eigenvalue weighted by atomic mass is 32.2. The largest absolute Gasteiger partial charge is 0.492 e. The minimum absolute atomic E-state index is 0.0350. The lowest BCUT2D eigenvalue weighted by atomic mass is 10.1. The lowest BCUT2D eigenvalue weighted by Crippen LogP contribution is -2.31. The van der Waals surface area contributed by atoms with Crippen LogP contribution in [0.3, 0.4) is 0 Å². The van der Waals surface area contributed by atoms with E-state index in [1.807, 2.05) is 0 Å². The average Bonchev–Trinajstić information content (AvgIpc) is 3.17. The molecule has 1 heterocycles. The summed E-state index contributed by atoms with van der Waals surface area (Å²) in [4.78, 5) is 26.5. The highest BCUT2D eigenvalue weighted by molar-refractivity contribution is 7.89. The molecule has 8 nitrogen and oxygen atoms in total. The van der Waals surface area contributed by atoms with Crippen molar-refractivity contribution in [2.45, 2.75) is 32.1 Å². The van der Waals surface area contributed by atoms with Crippen LogP contribution >= 0.6 is 0 Å². The minimum atomic E-state index is -3.84. The van der Waals surface area contributed by atoms with Crippen molar-refractivity contribution >= 4 is 33.2 Å². The number of nitrogens with one attached hydrogen (secondary N) is 1. The Labute approximate surface area is 193 Å². The second-order valence-electron chi connectivity index (χ2n) is 7.53. The zero-order valence-corrected chi connectivity index (χ0v) is 19.7. The molecule has 0 saturated carbocycles. The fourth-order valence-corrected chi connectivity index (χ4v) is 5.41. The number of hydrogen-bond acceptors (Lipinski definition) is 5. The number of nitrogens with zero attached hydrogens (tertiary/aromatic N) is 2. The summed E-state index contributed by atoms with van der Waals surface area (Å²) in [5.41, 5.74) is 0.400. The van der Waals surface area contributed by atoms with E-state index in [1.165, 1.54) is 39.5 Å². The molecule has 2 aromatic rings. The molecule has 3 rings (SSSR count). The Morgan fingerprint density at radius 2 is 1.88 bits per heavy atom. The summed E-state index contributed by atoms with van der Waals surface area (Å²) in [7, 11) is -3.84. The van der Waals surface area contributed by atoms with E-state index in [0.29, 0.717) is 0 Å². The second kappa shape index (κ2) is 10.3. The maximum absolute atomic E-state index is 14.1. The first-order valence-corrected chi connectivity index (χ1v) is 12.3. The SMILES string of the molecule is CCOc1ccc(NC(=O)C2CC(=O)N(c3ccccc3F)C2)cc1S(=O)(=O)N(CC)CC. The molecule has 2 aromatic carbocycles. The lowest BCUT2D eigenvalue weighted by molar-refractivity contribution is -0.122. The Morgan fingerprint density at radius 3 is 2.52 bits per heavy atom. The van der Waals surface area contributed by atoms with Gasteiger partial charge in [-0.3, -0.25) is 9.59 Å². The molecule has 0 bridgehead atoms. The lowest BCUT2D eigenvalue weighted by Gasteiger charge is -2.21. The molecule has 1 fully saturated rings. The average molecular weight is 478 g/mol. The highest BCUT2D eigenvalue weighted by Crippen LogP contribution is 2.32. The van der Waals surface area contributed by atoms with E-state index in [-0.39, 0.29) is 60.6 Å². The Balaban J connectivity index is 1.83. The van der Waals surface area contributed by atoms with Crippen LogP contribution in [0.4, 0.5) is 15.8 Å². The number of carbonyl (C=O) groups excluding carboxylic acids is 2. The molecular formula is C23H28FN3O5S. The fourth-order valence-electron chi connectivity index (χ4n) is 3.80. The van der Waals surface area contributed by atoms with E-state index in [4.69, 9.17) is 4.74 Å². The Bertz CT molecular complexity index is 1130. The van der Waals surface area contributed by atoms with Gasteiger partial charge in [-0.25, -0.2) is 12.8 Å². The maximum Gasteiger partial charge on any atom is 0.246 e. The van der Waals surface area contributed by atoms with Crippen LogP contribution in [0.2, 0.25) is 0 Å². The van der Waals surface area contributed by atoms with Crippen LogP contribution in [0.5, 0.6) is 5.75 Å². The molecule has 10 heteroatoms. The van der Waals surface area contributed by atoms with E-state index in [1.54, 1.807) is 32.9 Å². The van der Waals surface area contributed by atoms with Crippen molar-refractivity contribution in [3.05, 3.63) is 48.3 Å². The highest BCUT2D eigenvalue weighted by Gasteiger charge is 2.36. The fraction of sp³-hybridized carbons (Fsp3) is 0.391. The number of ether oxygens (including phenoxy) is 1. The van der Waals surface area contributed by atoms with Gasteiger partial charge in [-0.15, -0.1) is 0 Å². The summed E-state index contributed by atoms with van der Waals surface area (Å²) in [6.07, 6.45) is -0.0677. The van der Waals surface area contributed by atoms with Crippen LogP contribution < -0.4 is 15.0 Å². The number of sulfonamides is 1. The normalized spacial score (nSPS) is 16.3. The molecule has 1 aliphatic rings. The standard InChI is InChI=1S/C23H28FN3O5S/c1-4-26(5-2)33(30,31)21-14-17(11-12-20(21)32-6-3)25-23(29)16-13-22(28)27(15-16)19-10-8-7-9-18(19)24/h7-12,14,16H,4-6,13,15H2,1-3H3,(H,25,29). The van der Waals surface area contributed by atoms with E-state index in [9.17, 15) is 22.4 Å². The number of para-hydroxylation sites is 1. The smallest absolute Gasteiger partial charge is 0.246 e. The van der Waals surface area contributed by atoms with Gasteiger partial charge < -0.3 is 15.0 Å². The molecule has 33 heavy (non-hydrogen) atoms. The molecular weight excluding hydrogens is 449 g/mol. The van der Waals surface area contributed by atoms with E-state index >= 15 is 0 Å². The van der Waals surface area contributed by atoms with Gasteiger partial charge in [-0.1, -0.05) is 26.0 Å². The van der Waals surface area contributed by atoms with Crippen LogP contribution in [-0.2, 0) is 19.6 Å². The topological polar surface area (TPSA) is 96.0 Å². The molecule has 0 aromatic heterocycles. The van der Waals surface area contributed by atoms with Crippen LogP contribution in [0.25, 0.3) is 0 Å². The zero-order chi connectivity index (χ0) is 24.2. The number of anilines is 2. The summed E-state index contributed by atoms with van der Waals surface area (Å²) in [5.74, 6) is -1.84. The van der Waals surface area contributed by atoms with E-state index in [2.05, 4.69) is 5.32 Å². The number of hydrogen-bond donors (Lipinski definition) is 1. The quantitative estimate of drug-likeness (QED) is 0.598. The molecule has 1 unspecified atom stereocenters. The maximum atomic E-state index is 14.1. The minimum Gasteiger partial charge on any atom is -0.492 e. The number of rotatable bonds is 9. The number of amides is 2. The van der Waals surface area contributed by atoms with Crippen LogP contribution in [-0.4, -0.2) is 50.8 Å². The van der Waals surface area contributed by atoms with Gasteiger partial charge in [0.2, 0.25) is 21.8 Å². The van der Waals surface area contributed by atoms with Crippen molar-refractivity contribution in [1.82, 2.24) is 4.31 Å². The first kappa shape index (κ1) is 24.7. The molecule has 1 N–H and O–H groups in total. The molecule has 1 saturated heterocycles. The molecule has 0 radical (unpaired) electrons. The monoisotopic (exact) mass is 477 g/mol. The predicted octanol–water partition coefficient (Wildman–Crippen LogP) is 3.25. The van der Waals surface area contributed by atoms with Gasteiger partial charge in [0, 0.05) is 31.7 Å². The van der Waals surface area contributed by atoms with Gasteiger partial charge >= 0.3 is 0 Å². The Hall–Kier alpha value is -2.98. The van der Waals surface area contributed by atoms with Crippen molar-refractivity contribution < 1.29 is 27.1 Å². The van der Waals surface area contributed by atoms with Crippen molar-refractivity contribution in [3.8, 4) is 5.75 Å². The second-order valence-corrected chi connectivity index (χ2v) is 9.44. The third-order valence-corrected chi connectivity index (χ3v) is 7.54. The third-order valence-electron chi connectivity index (χ3n) is 5.47. The van der Waals surface area contributed by atoms with Gasteiger partial charge in [0.15, 0.2) is 0 Å². The Morgan fingerprint density at radius 1 is 1.18 bits per heavy atom. The van der Waals surface area contributed by atoms with Gasteiger partial charge in [0.1, 0.15) is 16.5 Å². The Kier molecular flexibility index (Phi) is 7.70. The van der Waals surface area contributed by atoms with E-state index < -0.39 is 27.7 Å². The molecule has 178 valence electrons. The molecule has 1 aliphatic heterocycles. The molecule has 0 aliphatic carbocycles. The van der Waals surface area contributed by atoms with E-state index in [0.717, 1.165) is 0 Å². The summed E-state index contributed by atoms with van der Waals surface area (Å²) in [6.45, 7) is 6.13. The summed E-state index contributed by atoms with van der Waals surface area (Å²) in [5, 5.41) is 2.70. The zero-order valence-electron chi connectivity index (χ0n) is 18.9. The summed E-state index contributed by atoms with van der Waals surface area (Å²) < 4.78 is 47.1. The number of benzene rings is 2. The molecule has 2 amide bonds.